The molecule has 1 aromatic carbocycles. The Morgan fingerprint density at radius 3 is 1.49 bits per heavy atom. The maximum Gasteiger partial charge on any atom is 0.195 e. The first kappa shape index (κ1) is 47.4. The van der Waals surface area contributed by atoms with Gasteiger partial charge in [-0.3, -0.25) is 5.43 Å². The Hall–Kier alpha value is -1.59. The van der Waals surface area contributed by atoms with E-state index in [-0.39, 0.29) is 17.5 Å². The van der Waals surface area contributed by atoms with Crippen LogP contribution in [0, 0.1) is 16.3 Å². The lowest BCUT2D eigenvalue weighted by molar-refractivity contribution is -0.996. The number of aliphatic hydroxyl groups excluding tert-OH is 1. The maximum absolute atomic E-state index is 11.7. The number of nitrogens with zero attached hydrogens (tertiary/aromatic N) is 1. The molecular weight excluding hydrogens is 640 g/mol. The Bertz CT molecular complexity index is 961. The minimum Gasteiger partial charge on any atom is -0.595 e. The fraction of sp³-hybridized carbons (Fsp3) is 0.833. The second-order valence-electron chi connectivity index (χ2n) is 15.3. The first-order valence-corrected chi connectivity index (χ1v) is 21.4. The molecule has 9 nitrogen and oxygen atoms in total. The molecule has 0 radical (unpaired) electrons. The van der Waals surface area contributed by atoms with E-state index >= 15 is 0 Å². The van der Waals surface area contributed by atoms with E-state index in [9.17, 15) is 25.9 Å². The van der Waals surface area contributed by atoms with Gasteiger partial charge in [0.2, 0.25) is 0 Å². The topological polar surface area (TPSA) is 140 Å². The van der Waals surface area contributed by atoms with Gasteiger partial charge in [-0.2, -0.15) is 15.6 Å². The smallest absolute Gasteiger partial charge is 0.195 e. The predicted molar refractivity (Wildman–Crippen MR) is 214 cm³/mol. The number of quaternary nitrogens is 2. The second-order valence-corrected chi connectivity index (χ2v) is 15.3. The summed E-state index contributed by atoms with van der Waals surface area (Å²) in [5.41, 5.74) is 4.15. The van der Waals surface area contributed by atoms with Gasteiger partial charge < -0.3 is 15.5 Å². The van der Waals surface area contributed by atoms with Crippen molar-refractivity contribution in [2.75, 3.05) is 5.43 Å². The highest BCUT2D eigenvalue weighted by atomic mass is 16.8. The first-order valence-electron chi connectivity index (χ1n) is 21.4. The van der Waals surface area contributed by atoms with Gasteiger partial charge in [0, 0.05) is 11.8 Å². The lowest BCUT2D eigenvalue weighted by Gasteiger charge is -2.18. The fourth-order valence-corrected chi connectivity index (χ4v) is 6.84. The van der Waals surface area contributed by atoms with Gasteiger partial charge in [-0.05, 0) is 50.5 Å². The number of nitrogens with one attached hydrogen (secondary N) is 3. The van der Waals surface area contributed by atoms with E-state index in [1.54, 1.807) is 0 Å². The highest BCUT2D eigenvalue weighted by Crippen LogP contribution is 2.22. The zero-order chi connectivity index (χ0) is 37.4. The monoisotopic (exact) mass is 721 g/mol. The molecular formula is C42H80N4O5. The summed E-state index contributed by atoms with van der Waals surface area (Å²) in [6.07, 6.45) is 37.1. The van der Waals surface area contributed by atoms with Crippen molar-refractivity contribution in [3.63, 3.8) is 0 Å². The number of anilines is 1. The summed E-state index contributed by atoms with van der Waals surface area (Å²) >= 11 is 0. The third-order valence-electron chi connectivity index (χ3n) is 10.6. The molecule has 6 N–H and O–H groups in total. The van der Waals surface area contributed by atoms with Crippen molar-refractivity contribution in [2.24, 2.45) is 11.0 Å². The molecule has 0 saturated heterocycles. The summed E-state index contributed by atoms with van der Waals surface area (Å²) in [7, 11) is 0. The molecule has 0 aliphatic heterocycles. The van der Waals surface area contributed by atoms with E-state index in [4.69, 9.17) is 0 Å². The number of hydrogen-bond acceptors (Lipinski definition) is 7. The Balaban J connectivity index is 2.01. The number of hydrazone groups is 1. The minimum atomic E-state index is -1.17. The van der Waals surface area contributed by atoms with Crippen LogP contribution in [0.4, 0.5) is 17.1 Å². The third kappa shape index (κ3) is 26.8. The lowest BCUT2D eigenvalue weighted by atomic mass is 9.99. The largest absolute Gasteiger partial charge is 0.595 e. The standard InChI is InChI=1S/C42H80N4O5/c1-4-6-24-30-38(43-44-41-35-34-39(45(48)49)36-42(41)46(50)51)31-26-21-17-15-13-11-9-7-8-10-12-14-16-18-22-27-32-40(47)33-28-23-19-20-25-29-37(3)5-2/h34-37,40,44-48,50H,4-33H2,1-3H3/t37-,40+/m0/s1. The second kappa shape index (κ2) is 33.0. The number of benzene rings is 1. The van der Waals surface area contributed by atoms with Crippen LogP contribution in [0.15, 0.2) is 23.3 Å². The van der Waals surface area contributed by atoms with Crippen molar-refractivity contribution in [3.8, 4) is 0 Å². The van der Waals surface area contributed by atoms with Crippen LogP contribution in [0.3, 0.4) is 0 Å². The summed E-state index contributed by atoms with van der Waals surface area (Å²) < 4.78 is 0. The zero-order valence-electron chi connectivity index (χ0n) is 33.2. The highest BCUT2D eigenvalue weighted by Gasteiger charge is 2.14. The van der Waals surface area contributed by atoms with E-state index in [2.05, 4.69) is 31.3 Å². The Labute approximate surface area is 312 Å². The van der Waals surface area contributed by atoms with Gasteiger partial charge in [-0.25, -0.2) is 10.4 Å². The van der Waals surface area contributed by atoms with Crippen molar-refractivity contribution in [3.05, 3.63) is 28.6 Å². The summed E-state index contributed by atoms with van der Waals surface area (Å²) in [6.45, 7) is 6.82. The van der Waals surface area contributed by atoms with E-state index in [1.807, 2.05) is 0 Å². The molecule has 0 saturated carbocycles. The third-order valence-corrected chi connectivity index (χ3v) is 10.6. The molecule has 1 aromatic rings. The van der Waals surface area contributed by atoms with E-state index in [0.717, 1.165) is 63.0 Å². The number of rotatable bonds is 36. The van der Waals surface area contributed by atoms with Gasteiger partial charge in [0.05, 0.1) is 12.2 Å². The van der Waals surface area contributed by atoms with Crippen LogP contribution >= 0.6 is 0 Å². The predicted octanol–water partition coefficient (Wildman–Crippen LogP) is 11.0. The zero-order valence-corrected chi connectivity index (χ0v) is 33.2. The highest BCUT2D eigenvalue weighted by molar-refractivity contribution is 5.85. The Morgan fingerprint density at radius 1 is 0.627 bits per heavy atom. The van der Waals surface area contributed by atoms with Crippen LogP contribution in [-0.2, 0) is 0 Å². The van der Waals surface area contributed by atoms with E-state index in [1.165, 1.54) is 159 Å². The SMILES string of the molecule is CCCCCC(CCCCCCCCCCCCCCCCCC[C@@H](O)CCCCCCC[C@@H](C)CC)=NNc1ccc([NH+]([O-])O)cc1[NH+]([O-])O. The van der Waals surface area contributed by atoms with Crippen molar-refractivity contribution in [1.29, 1.82) is 0 Å². The van der Waals surface area contributed by atoms with Crippen LogP contribution in [-0.4, -0.2) is 27.3 Å². The van der Waals surface area contributed by atoms with Gasteiger partial charge in [-0.15, -0.1) is 0 Å². The number of aliphatic hydroxyl groups is 1. The van der Waals surface area contributed by atoms with Crippen LogP contribution in [0.2, 0.25) is 0 Å². The average Bonchev–Trinajstić information content (AvgIpc) is 3.12. The number of unbranched alkanes of at least 4 members (excludes halogenated alkanes) is 21. The summed E-state index contributed by atoms with van der Waals surface area (Å²) in [5, 5.41) is 54.2. The van der Waals surface area contributed by atoms with Crippen LogP contribution < -0.4 is 15.9 Å². The molecule has 298 valence electrons. The fourth-order valence-electron chi connectivity index (χ4n) is 6.84. The minimum absolute atomic E-state index is 0.0513. The van der Waals surface area contributed by atoms with Crippen molar-refractivity contribution >= 4 is 22.8 Å². The van der Waals surface area contributed by atoms with Gasteiger partial charge in [0.1, 0.15) is 5.69 Å². The molecule has 1 rings (SSSR count). The van der Waals surface area contributed by atoms with Crippen molar-refractivity contribution < 1.29 is 26.0 Å². The average molecular weight is 721 g/mol. The molecule has 0 heterocycles. The van der Waals surface area contributed by atoms with Crippen LogP contribution in [0.25, 0.3) is 0 Å². The quantitative estimate of drug-likeness (QED) is 0.0232. The summed E-state index contributed by atoms with van der Waals surface area (Å²) in [4.78, 5) is 0. The first-order chi connectivity index (χ1) is 24.8. The molecule has 0 fully saturated rings. The summed E-state index contributed by atoms with van der Waals surface area (Å²) in [5.74, 6) is 0.880. The molecule has 0 aliphatic rings. The van der Waals surface area contributed by atoms with Crippen LogP contribution in [0.1, 0.15) is 213 Å². The van der Waals surface area contributed by atoms with E-state index < -0.39 is 10.5 Å². The lowest BCUT2D eigenvalue weighted by Crippen LogP contribution is -3.00. The molecule has 9 heteroatoms. The molecule has 0 bridgehead atoms. The van der Waals surface area contributed by atoms with Gasteiger partial charge in [-0.1, -0.05) is 175 Å². The van der Waals surface area contributed by atoms with Crippen molar-refractivity contribution in [2.45, 2.75) is 219 Å². The van der Waals surface area contributed by atoms with Crippen molar-refractivity contribution in [1.82, 2.24) is 0 Å². The van der Waals surface area contributed by atoms with Gasteiger partial charge in [0.25, 0.3) is 0 Å². The van der Waals surface area contributed by atoms with E-state index in [0.29, 0.717) is 5.69 Å². The molecule has 0 aromatic heterocycles. The Morgan fingerprint density at radius 2 is 1.06 bits per heavy atom. The van der Waals surface area contributed by atoms with Gasteiger partial charge >= 0.3 is 0 Å². The number of hydrogen-bond donors (Lipinski definition) is 6. The molecule has 0 aliphatic carbocycles. The molecule has 0 spiro atoms. The molecule has 0 amide bonds. The molecule has 2 unspecified atom stereocenters. The maximum atomic E-state index is 11.7. The van der Waals surface area contributed by atoms with Crippen LogP contribution in [0.5, 0.6) is 0 Å². The summed E-state index contributed by atoms with van der Waals surface area (Å²) in [6, 6.07) is 4.06. The Kier molecular flexibility index (Phi) is 30.7. The molecule has 51 heavy (non-hydrogen) atoms. The normalized spacial score (nSPS) is 14.5. The van der Waals surface area contributed by atoms with Gasteiger partial charge in [0.15, 0.2) is 11.4 Å². The molecule has 4 atom stereocenters.